The van der Waals surface area contributed by atoms with Gasteiger partial charge in [0.25, 0.3) is 0 Å². The van der Waals surface area contributed by atoms with E-state index in [1.165, 1.54) is 0 Å². The molecule has 0 amide bonds. The Hall–Kier alpha value is -0.160. The number of aliphatic hydroxyl groups is 1. The minimum absolute atomic E-state index is 0.307. The normalized spacial score (nSPS) is 15.9. The lowest BCUT2D eigenvalue weighted by molar-refractivity contribution is 0.0637. The van der Waals surface area contributed by atoms with Gasteiger partial charge in [0.1, 0.15) is 0 Å². The summed E-state index contributed by atoms with van der Waals surface area (Å²) < 4.78 is 4.87. The van der Waals surface area contributed by atoms with E-state index in [1.54, 1.807) is 7.11 Å². The molecule has 4 nitrogen and oxygen atoms in total. The fourth-order valence-corrected chi connectivity index (χ4v) is 2.26. The Bertz CT molecular complexity index is 186. The van der Waals surface area contributed by atoms with Gasteiger partial charge in [-0.25, -0.2) is 0 Å². The number of methoxy groups -OCH3 is 1. The van der Waals surface area contributed by atoms with Gasteiger partial charge in [0, 0.05) is 13.7 Å². The second-order valence-electron chi connectivity index (χ2n) is 5.78. The van der Waals surface area contributed by atoms with E-state index in [9.17, 15) is 5.11 Å². The average molecular weight is 246 g/mol. The molecule has 0 saturated carbocycles. The van der Waals surface area contributed by atoms with Crippen LogP contribution in [-0.2, 0) is 4.74 Å². The molecule has 0 saturated heterocycles. The second kappa shape index (κ2) is 8.86. The molecule has 2 unspecified atom stereocenters. The Kier molecular flexibility index (Phi) is 8.78. The first-order valence-electron chi connectivity index (χ1n) is 6.49. The predicted octanol–water partition coefficient (Wildman–Crippen LogP) is 0.985. The van der Waals surface area contributed by atoms with Gasteiger partial charge >= 0.3 is 0 Å². The van der Waals surface area contributed by atoms with Crippen molar-refractivity contribution in [1.82, 2.24) is 5.32 Å². The summed E-state index contributed by atoms with van der Waals surface area (Å²) in [5.41, 5.74) is 5.91. The molecule has 0 fully saturated rings. The molecule has 104 valence electrons. The summed E-state index contributed by atoms with van der Waals surface area (Å²) in [5, 5.41) is 12.7. The van der Waals surface area contributed by atoms with Crippen LogP contribution < -0.4 is 11.1 Å². The molecule has 0 aliphatic heterocycles. The van der Waals surface area contributed by atoms with Crippen LogP contribution in [0.2, 0.25) is 0 Å². The highest BCUT2D eigenvalue weighted by molar-refractivity contribution is 4.73. The summed E-state index contributed by atoms with van der Waals surface area (Å²) in [6, 6.07) is 0. The lowest BCUT2D eigenvalue weighted by atomic mass is 9.80. The zero-order valence-corrected chi connectivity index (χ0v) is 11.8. The van der Waals surface area contributed by atoms with Crippen LogP contribution in [0.3, 0.4) is 0 Å². The average Bonchev–Trinajstić information content (AvgIpc) is 2.16. The summed E-state index contributed by atoms with van der Waals surface area (Å²) in [6.45, 7) is 9.41. The first-order chi connectivity index (χ1) is 7.91. The van der Waals surface area contributed by atoms with Gasteiger partial charge in [0.05, 0.1) is 12.7 Å². The van der Waals surface area contributed by atoms with E-state index in [2.05, 4.69) is 26.1 Å². The monoisotopic (exact) mass is 246 g/mol. The van der Waals surface area contributed by atoms with Gasteiger partial charge in [-0.15, -0.1) is 0 Å². The Morgan fingerprint density at radius 3 is 2.53 bits per heavy atom. The molecule has 0 aliphatic carbocycles. The summed E-state index contributed by atoms with van der Waals surface area (Å²) in [5.74, 6) is 0.589. The molecule has 0 aliphatic rings. The molecule has 4 heteroatoms. The molecular formula is C13H30N2O2. The Morgan fingerprint density at radius 2 is 2.00 bits per heavy atom. The molecule has 0 rings (SSSR count). The van der Waals surface area contributed by atoms with Crippen LogP contribution in [0.25, 0.3) is 0 Å². The van der Waals surface area contributed by atoms with Crippen molar-refractivity contribution >= 4 is 0 Å². The quantitative estimate of drug-likeness (QED) is 0.537. The molecule has 0 radical (unpaired) electrons. The predicted molar refractivity (Wildman–Crippen MR) is 72.0 cm³/mol. The van der Waals surface area contributed by atoms with Gasteiger partial charge in [-0.2, -0.15) is 0 Å². The third kappa shape index (κ3) is 9.53. The molecule has 0 aromatic heterocycles. The Balaban J connectivity index is 3.68. The molecular weight excluding hydrogens is 216 g/mol. The van der Waals surface area contributed by atoms with Gasteiger partial charge in [0.15, 0.2) is 0 Å². The highest BCUT2D eigenvalue weighted by Gasteiger charge is 2.20. The van der Waals surface area contributed by atoms with Gasteiger partial charge < -0.3 is 20.9 Å². The smallest absolute Gasteiger partial charge is 0.0897 e. The maximum atomic E-state index is 9.47. The maximum Gasteiger partial charge on any atom is 0.0897 e. The van der Waals surface area contributed by atoms with Crippen LogP contribution in [0, 0.1) is 11.3 Å². The molecule has 0 heterocycles. The van der Waals surface area contributed by atoms with E-state index < -0.39 is 6.10 Å². The zero-order valence-electron chi connectivity index (χ0n) is 11.8. The minimum Gasteiger partial charge on any atom is -0.389 e. The highest BCUT2D eigenvalue weighted by Crippen LogP contribution is 2.28. The van der Waals surface area contributed by atoms with Crippen molar-refractivity contribution in [1.29, 1.82) is 0 Å². The van der Waals surface area contributed by atoms with Crippen LogP contribution in [0.5, 0.6) is 0 Å². The first-order valence-corrected chi connectivity index (χ1v) is 6.49. The van der Waals surface area contributed by atoms with Crippen molar-refractivity contribution in [2.45, 2.75) is 39.7 Å². The number of ether oxygens (including phenoxy) is 1. The van der Waals surface area contributed by atoms with Gasteiger partial charge in [-0.1, -0.05) is 20.8 Å². The van der Waals surface area contributed by atoms with Crippen molar-refractivity contribution in [3.63, 3.8) is 0 Å². The van der Waals surface area contributed by atoms with Gasteiger partial charge in [-0.3, -0.25) is 0 Å². The first kappa shape index (κ1) is 16.8. The summed E-state index contributed by atoms with van der Waals surface area (Å²) in [6.07, 6.45) is 1.80. The second-order valence-corrected chi connectivity index (χ2v) is 5.78. The number of nitrogens with two attached hydrogens (primary N) is 1. The lowest BCUT2D eigenvalue weighted by Gasteiger charge is -2.28. The van der Waals surface area contributed by atoms with E-state index in [-0.39, 0.29) is 0 Å². The molecule has 0 aromatic rings. The van der Waals surface area contributed by atoms with Crippen molar-refractivity contribution in [2.75, 3.05) is 33.4 Å². The molecule has 0 spiro atoms. The van der Waals surface area contributed by atoms with Crippen LogP contribution >= 0.6 is 0 Å². The fourth-order valence-electron chi connectivity index (χ4n) is 2.26. The van der Waals surface area contributed by atoms with E-state index in [4.69, 9.17) is 10.5 Å². The summed E-state index contributed by atoms with van der Waals surface area (Å²) >= 11 is 0. The number of aliphatic hydroxyl groups excluding tert-OH is 1. The number of hydrogen-bond donors (Lipinski definition) is 3. The summed E-state index contributed by atoms with van der Waals surface area (Å²) in [7, 11) is 1.60. The van der Waals surface area contributed by atoms with Crippen LogP contribution in [0.1, 0.15) is 33.6 Å². The minimum atomic E-state index is -0.413. The van der Waals surface area contributed by atoms with E-state index in [1.807, 2.05) is 0 Å². The van der Waals surface area contributed by atoms with E-state index >= 15 is 0 Å². The molecule has 0 aromatic carbocycles. The SMILES string of the molecule is COCC(O)CNCC(C)CC(C)(C)CCN. The Labute approximate surface area is 106 Å². The third-order valence-electron chi connectivity index (χ3n) is 2.95. The van der Waals surface area contributed by atoms with Crippen molar-refractivity contribution in [2.24, 2.45) is 17.1 Å². The van der Waals surface area contributed by atoms with Crippen LogP contribution in [0.15, 0.2) is 0 Å². The Morgan fingerprint density at radius 1 is 1.35 bits per heavy atom. The molecule has 17 heavy (non-hydrogen) atoms. The van der Waals surface area contributed by atoms with Gasteiger partial charge in [-0.05, 0) is 37.3 Å². The largest absolute Gasteiger partial charge is 0.389 e. The third-order valence-corrected chi connectivity index (χ3v) is 2.95. The lowest BCUT2D eigenvalue weighted by Crippen LogP contribution is -2.34. The number of hydrogen-bond acceptors (Lipinski definition) is 4. The van der Waals surface area contributed by atoms with Gasteiger partial charge in [0.2, 0.25) is 0 Å². The van der Waals surface area contributed by atoms with Crippen LogP contribution in [-0.4, -0.2) is 44.6 Å². The van der Waals surface area contributed by atoms with Crippen LogP contribution in [0.4, 0.5) is 0 Å². The van der Waals surface area contributed by atoms with Crippen molar-refractivity contribution in [3.05, 3.63) is 0 Å². The van der Waals surface area contributed by atoms with E-state index in [0.717, 1.165) is 25.9 Å². The van der Waals surface area contributed by atoms with Crippen molar-refractivity contribution in [3.8, 4) is 0 Å². The standard InChI is InChI=1S/C13H30N2O2/c1-11(7-13(2,3)5-6-14)8-15-9-12(16)10-17-4/h11-12,15-16H,5-10,14H2,1-4H3. The zero-order chi connectivity index (χ0) is 13.3. The van der Waals surface area contributed by atoms with Crippen molar-refractivity contribution < 1.29 is 9.84 Å². The topological polar surface area (TPSA) is 67.5 Å². The van der Waals surface area contributed by atoms with E-state index in [0.29, 0.717) is 24.5 Å². The maximum absolute atomic E-state index is 9.47. The molecule has 0 bridgehead atoms. The highest BCUT2D eigenvalue weighted by atomic mass is 16.5. The number of nitrogens with one attached hydrogen (secondary N) is 1. The number of rotatable bonds is 10. The molecule has 4 N–H and O–H groups in total. The summed E-state index contributed by atoms with van der Waals surface area (Å²) in [4.78, 5) is 0. The fraction of sp³-hybridized carbons (Fsp3) is 1.00. The molecule has 2 atom stereocenters.